The van der Waals surface area contributed by atoms with Crippen LogP contribution in [0.5, 0.6) is 0 Å². The summed E-state index contributed by atoms with van der Waals surface area (Å²) in [4.78, 5) is 10.6. The van der Waals surface area contributed by atoms with Gasteiger partial charge in [0, 0.05) is 25.6 Å². The highest BCUT2D eigenvalue weighted by Gasteiger charge is 2.11. The van der Waals surface area contributed by atoms with Crippen molar-refractivity contribution in [2.24, 2.45) is 0 Å². The van der Waals surface area contributed by atoms with E-state index in [0.29, 0.717) is 5.92 Å². The topological polar surface area (TPSA) is 44.0 Å². The van der Waals surface area contributed by atoms with E-state index in [2.05, 4.69) is 52.2 Å². The maximum Gasteiger partial charge on any atom is 0.109 e. The largest absolute Gasteiger partial charge is 0.342 e. The van der Waals surface area contributed by atoms with Crippen LogP contribution >= 0.6 is 0 Å². The zero-order valence-corrected chi connectivity index (χ0v) is 12.4. The molecule has 4 nitrogen and oxygen atoms in total. The summed E-state index contributed by atoms with van der Waals surface area (Å²) >= 11 is 0. The second-order valence-electron chi connectivity index (χ2n) is 6.01. The molecule has 1 saturated heterocycles. The smallest absolute Gasteiger partial charge is 0.109 e. The number of rotatable bonds is 3. The molecule has 2 heterocycles. The molecule has 1 aliphatic rings. The summed E-state index contributed by atoms with van der Waals surface area (Å²) in [5.74, 6) is 1.53. The summed E-state index contributed by atoms with van der Waals surface area (Å²) in [5.41, 5.74) is 3.62. The molecule has 0 amide bonds. The third kappa shape index (κ3) is 3.02. The lowest BCUT2D eigenvalue weighted by Gasteiger charge is -2.19. The van der Waals surface area contributed by atoms with Crippen molar-refractivity contribution < 1.29 is 0 Å². The number of imidazole rings is 1. The molecule has 2 aromatic rings. The molecule has 0 saturated carbocycles. The van der Waals surface area contributed by atoms with Crippen LogP contribution in [0.2, 0.25) is 0 Å². The minimum atomic E-state index is 0.447. The lowest BCUT2D eigenvalue weighted by atomic mass is 10.2. The zero-order chi connectivity index (χ0) is 13.9. The zero-order valence-electron chi connectivity index (χ0n) is 12.4. The summed E-state index contributed by atoms with van der Waals surface area (Å²) in [6, 6.07) is 6.61. The van der Waals surface area contributed by atoms with E-state index in [1.54, 1.807) is 0 Å². The second-order valence-corrected chi connectivity index (χ2v) is 6.01. The van der Waals surface area contributed by atoms with E-state index in [4.69, 9.17) is 0 Å². The molecule has 1 aliphatic heterocycles. The van der Waals surface area contributed by atoms with E-state index in [9.17, 15) is 0 Å². The molecule has 108 valence electrons. The van der Waals surface area contributed by atoms with Crippen molar-refractivity contribution >= 4 is 11.0 Å². The quantitative estimate of drug-likeness (QED) is 0.902. The molecule has 1 fully saturated rings. The van der Waals surface area contributed by atoms with Gasteiger partial charge in [0.05, 0.1) is 11.0 Å². The third-order valence-electron chi connectivity index (χ3n) is 3.95. The molecule has 1 aromatic carbocycles. The van der Waals surface area contributed by atoms with E-state index < -0.39 is 0 Å². The lowest BCUT2D eigenvalue weighted by molar-refractivity contribution is 0.284. The molecule has 0 unspecified atom stereocenters. The van der Waals surface area contributed by atoms with Crippen LogP contribution < -0.4 is 5.32 Å². The Kier molecular flexibility index (Phi) is 4.03. The first-order chi connectivity index (χ1) is 9.72. The highest BCUT2D eigenvalue weighted by atomic mass is 15.1. The first kappa shape index (κ1) is 13.6. The van der Waals surface area contributed by atoms with Gasteiger partial charge in [-0.3, -0.25) is 4.90 Å². The van der Waals surface area contributed by atoms with Crippen molar-refractivity contribution in [3.63, 3.8) is 0 Å². The van der Waals surface area contributed by atoms with E-state index in [0.717, 1.165) is 37.5 Å². The van der Waals surface area contributed by atoms with Gasteiger partial charge in [-0.15, -0.1) is 0 Å². The molecular formula is C16H24N4. The van der Waals surface area contributed by atoms with E-state index >= 15 is 0 Å². The predicted octanol–water partition coefficient (Wildman–Crippen LogP) is 2.48. The Balaban J connectivity index is 1.77. The Labute approximate surface area is 120 Å². The number of nitrogens with zero attached hydrogens (tertiary/aromatic N) is 2. The molecule has 0 atom stereocenters. The molecule has 0 aliphatic carbocycles. The fourth-order valence-corrected chi connectivity index (χ4v) is 2.77. The molecule has 2 N–H and O–H groups in total. The Hall–Kier alpha value is -1.39. The number of aromatic nitrogens is 2. The number of fused-ring (bicyclic) bond motifs is 1. The average Bonchev–Trinajstić information content (AvgIpc) is 2.69. The van der Waals surface area contributed by atoms with Crippen molar-refractivity contribution in [1.82, 2.24) is 20.2 Å². The summed E-state index contributed by atoms with van der Waals surface area (Å²) < 4.78 is 0. The molecule has 1 aromatic heterocycles. The number of nitrogens with one attached hydrogen (secondary N) is 2. The van der Waals surface area contributed by atoms with Gasteiger partial charge in [-0.2, -0.15) is 0 Å². The minimum Gasteiger partial charge on any atom is -0.342 e. The van der Waals surface area contributed by atoms with Crippen LogP contribution in [0.1, 0.15) is 37.6 Å². The molecule has 0 spiro atoms. The highest BCUT2D eigenvalue weighted by Crippen LogP contribution is 2.19. The lowest BCUT2D eigenvalue weighted by Crippen LogP contribution is -2.27. The average molecular weight is 272 g/mol. The monoisotopic (exact) mass is 272 g/mol. The standard InChI is InChI=1S/C16H24N4/c1-12(2)16-18-14-5-4-13(10-15(14)19-16)11-20-8-3-6-17-7-9-20/h4-5,10,12,17H,3,6-9,11H2,1-2H3,(H,18,19). The van der Waals surface area contributed by atoms with Crippen molar-refractivity contribution in [3.8, 4) is 0 Å². The van der Waals surface area contributed by atoms with Crippen molar-refractivity contribution in [2.75, 3.05) is 26.2 Å². The van der Waals surface area contributed by atoms with Gasteiger partial charge in [0.15, 0.2) is 0 Å². The summed E-state index contributed by atoms with van der Waals surface area (Å²) in [7, 11) is 0. The van der Waals surface area contributed by atoms with Crippen LogP contribution in [-0.4, -0.2) is 41.0 Å². The van der Waals surface area contributed by atoms with E-state index in [1.807, 2.05) is 0 Å². The number of aromatic amines is 1. The molecule has 20 heavy (non-hydrogen) atoms. The third-order valence-corrected chi connectivity index (χ3v) is 3.95. The van der Waals surface area contributed by atoms with E-state index in [1.165, 1.54) is 24.0 Å². The van der Waals surface area contributed by atoms with Gasteiger partial charge in [-0.05, 0) is 37.2 Å². The first-order valence-electron chi connectivity index (χ1n) is 7.64. The summed E-state index contributed by atoms with van der Waals surface area (Å²) in [6.07, 6.45) is 1.24. The Morgan fingerprint density at radius 1 is 1.25 bits per heavy atom. The molecule has 0 bridgehead atoms. The summed E-state index contributed by atoms with van der Waals surface area (Å²) in [5, 5.41) is 3.45. The fraction of sp³-hybridized carbons (Fsp3) is 0.562. The number of H-pyrrole nitrogens is 1. The van der Waals surface area contributed by atoms with Gasteiger partial charge in [-0.25, -0.2) is 4.98 Å². The molecule has 4 heteroatoms. The highest BCUT2D eigenvalue weighted by molar-refractivity contribution is 5.76. The van der Waals surface area contributed by atoms with Gasteiger partial charge >= 0.3 is 0 Å². The van der Waals surface area contributed by atoms with Gasteiger partial charge in [0.2, 0.25) is 0 Å². The SMILES string of the molecule is CC(C)c1nc2ccc(CN3CCCNCC3)cc2[nH]1. The van der Waals surface area contributed by atoms with Crippen LogP contribution in [-0.2, 0) is 6.54 Å². The molecule has 3 rings (SSSR count). The Bertz CT molecular complexity index is 565. The van der Waals surface area contributed by atoms with Crippen molar-refractivity contribution in [3.05, 3.63) is 29.6 Å². The van der Waals surface area contributed by atoms with Crippen molar-refractivity contribution in [1.29, 1.82) is 0 Å². The van der Waals surface area contributed by atoms with Gasteiger partial charge in [0.1, 0.15) is 5.82 Å². The molecule has 0 radical (unpaired) electrons. The first-order valence-corrected chi connectivity index (χ1v) is 7.64. The van der Waals surface area contributed by atoms with E-state index in [-0.39, 0.29) is 0 Å². The normalized spacial score (nSPS) is 17.8. The van der Waals surface area contributed by atoms with Gasteiger partial charge in [-0.1, -0.05) is 19.9 Å². The van der Waals surface area contributed by atoms with Crippen LogP contribution in [0.4, 0.5) is 0 Å². The number of hydrogen-bond donors (Lipinski definition) is 2. The second kappa shape index (κ2) is 5.94. The van der Waals surface area contributed by atoms with Crippen LogP contribution in [0.3, 0.4) is 0 Å². The van der Waals surface area contributed by atoms with Crippen LogP contribution in [0.25, 0.3) is 11.0 Å². The van der Waals surface area contributed by atoms with Crippen molar-refractivity contribution in [2.45, 2.75) is 32.7 Å². The summed E-state index contributed by atoms with van der Waals surface area (Å²) in [6.45, 7) is 9.94. The van der Waals surface area contributed by atoms with Crippen LogP contribution in [0, 0.1) is 0 Å². The maximum atomic E-state index is 4.64. The Morgan fingerprint density at radius 2 is 2.15 bits per heavy atom. The maximum absolute atomic E-state index is 4.64. The minimum absolute atomic E-state index is 0.447. The number of hydrogen-bond acceptors (Lipinski definition) is 3. The number of benzene rings is 1. The van der Waals surface area contributed by atoms with Gasteiger partial charge in [0.25, 0.3) is 0 Å². The Morgan fingerprint density at radius 3 is 3.00 bits per heavy atom. The van der Waals surface area contributed by atoms with Crippen LogP contribution in [0.15, 0.2) is 18.2 Å². The fourth-order valence-electron chi connectivity index (χ4n) is 2.77. The predicted molar refractivity (Wildman–Crippen MR) is 82.9 cm³/mol. The molecular weight excluding hydrogens is 248 g/mol. The van der Waals surface area contributed by atoms with Gasteiger partial charge < -0.3 is 10.3 Å².